The molecular formula is C26H31N5O4. The predicted octanol–water partition coefficient (Wildman–Crippen LogP) is 1.70. The quantitative estimate of drug-likeness (QED) is 0.617. The minimum atomic E-state index is -1.09. The van der Waals surface area contributed by atoms with Crippen LogP contribution >= 0.6 is 0 Å². The van der Waals surface area contributed by atoms with Gasteiger partial charge >= 0.3 is 0 Å². The Labute approximate surface area is 203 Å². The average Bonchev–Trinajstić information content (AvgIpc) is 3.24. The number of aryl methyl sites for hydroxylation is 1. The first kappa shape index (κ1) is 23.3. The van der Waals surface area contributed by atoms with E-state index >= 15 is 0 Å². The molecule has 9 heteroatoms. The van der Waals surface area contributed by atoms with E-state index in [0.717, 1.165) is 5.56 Å². The molecule has 1 N–H and O–H groups in total. The molecule has 2 fully saturated rings. The molecule has 2 aliphatic heterocycles. The number of nitrogens with zero attached hydrogens (tertiary/aromatic N) is 5. The first-order chi connectivity index (χ1) is 16.8. The third-order valence-electron chi connectivity index (χ3n) is 7.64. The molecule has 184 valence electrons. The Hall–Kier alpha value is -3.46. The van der Waals surface area contributed by atoms with Gasteiger partial charge in [0.2, 0.25) is 11.8 Å². The maximum atomic E-state index is 13.6. The highest BCUT2D eigenvalue weighted by molar-refractivity contribution is 5.85. The molecule has 2 aliphatic rings. The predicted molar refractivity (Wildman–Crippen MR) is 130 cm³/mol. The van der Waals surface area contributed by atoms with Crippen molar-refractivity contribution in [3.8, 4) is 0 Å². The van der Waals surface area contributed by atoms with E-state index in [-0.39, 0.29) is 35.9 Å². The van der Waals surface area contributed by atoms with Gasteiger partial charge in [-0.1, -0.05) is 30.3 Å². The zero-order valence-corrected chi connectivity index (χ0v) is 20.1. The van der Waals surface area contributed by atoms with Crippen molar-refractivity contribution >= 4 is 22.8 Å². The Bertz CT molecular complexity index is 1310. The summed E-state index contributed by atoms with van der Waals surface area (Å²) in [5.74, 6) is -0.256. The Balaban J connectivity index is 1.29. The zero-order valence-electron chi connectivity index (χ0n) is 20.1. The van der Waals surface area contributed by atoms with Gasteiger partial charge in [0.05, 0.1) is 29.5 Å². The SMILES string of the molecule is CN1C(=O)CCC(C(=O)N2CCC(O)(Cn3cnc4c(ccn4C)c3=O)CC2)C1c1ccccc1. The van der Waals surface area contributed by atoms with Crippen molar-refractivity contribution in [2.24, 2.45) is 13.0 Å². The lowest BCUT2D eigenvalue weighted by Gasteiger charge is -2.43. The lowest BCUT2D eigenvalue weighted by molar-refractivity contribution is -0.149. The molecular weight excluding hydrogens is 446 g/mol. The molecule has 2 aromatic heterocycles. The Morgan fingerprint density at radius 2 is 1.83 bits per heavy atom. The minimum Gasteiger partial charge on any atom is -0.388 e. The van der Waals surface area contributed by atoms with E-state index in [1.165, 1.54) is 10.9 Å². The lowest BCUT2D eigenvalue weighted by Crippen LogP contribution is -2.53. The number of likely N-dealkylation sites (tertiary alicyclic amines) is 2. The third-order valence-corrected chi connectivity index (χ3v) is 7.64. The van der Waals surface area contributed by atoms with Crippen LogP contribution in [0.3, 0.4) is 0 Å². The summed E-state index contributed by atoms with van der Waals surface area (Å²) in [5, 5.41) is 11.8. The number of aliphatic hydroxyl groups is 1. The van der Waals surface area contributed by atoms with Crippen LogP contribution in [0.15, 0.2) is 53.7 Å². The molecule has 5 rings (SSSR count). The van der Waals surface area contributed by atoms with E-state index in [4.69, 9.17) is 0 Å². The second-order valence-corrected chi connectivity index (χ2v) is 9.90. The van der Waals surface area contributed by atoms with Gasteiger partial charge in [-0.15, -0.1) is 0 Å². The number of hydrogen-bond acceptors (Lipinski definition) is 5. The van der Waals surface area contributed by atoms with Crippen molar-refractivity contribution in [3.63, 3.8) is 0 Å². The molecule has 0 saturated carbocycles. The van der Waals surface area contributed by atoms with E-state index in [0.29, 0.717) is 49.8 Å². The summed E-state index contributed by atoms with van der Waals surface area (Å²) in [5.41, 5.74) is 0.298. The third kappa shape index (κ3) is 4.25. The van der Waals surface area contributed by atoms with Crippen molar-refractivity contribution in [1.29, 1.82) is 0 Å². The fourth-order valence-electron chi connectivity index (χ4n) is 5.55. The maximum Gasteiger partial charge on any atom is 0.262 e. The van der Waals surface area contributed by atoms with Crippen LogP contribution in [0.5, 0.6) is 0 Å². The molecule has 2 unspecified atom stereocenters. The first-order valence-electron chi connectivity index (χ1n) is 12.1. The van der Waals surface area contributed by atoms with Gasteiger partial charge in [0.1, 0.15) is 12.0 Å². The Morgan fingerprint density at radius 3 is 2.54 bits per heavy atom. The molecule has 0 bridgehead atoms. The molecule has 2 atom stereocenters. The van der Waals surface area contributed by atoms with Crippen LogP contribution in [-0.2, 0) is 23.2 Å². The number of carbonyl (C=O) groups is 2. The number of benzene rings is 1. The normalized spacial score (nSPS) is 22.5. The Morgan fingerprint density at radius 1 is 1.11 bits per heavy atom. The number of rotatable bonds is 4. The topological polar surface area (TPSA) is 101 Å². The molecule has 0 aliphatic carbocycles. The average molecular weight is 478 g/mol. The summed E-state index contributed by atoms with van der Waals surface area (Å²) in [7, 11) is 3.60. The standard InChI is InChI=1S/C26H31N5O4/c1-28-13-10-20-23(28)27-17-31(25(20)34)16-26(35)11-14-30(15-12-26)24(33)19-8-9-21(32)29(2)22(19)18-6-4-3-5-7-18/h3-7,10,13,17,19,22,35H,8-9,11-12,14-16H2,1-2H3. The fourth-order valence-corrected chi connectivity index (χ4v) is 5.55. The summed E-state index contributed by atoms with van der Waals surface area (Å²) >= 11 is 0. The van der Waals surface area contributed by atoms with Gasteiger partial charge in [-0.2, -0.15) is 0 Å². The van der Waals surface area contributed by atoms with Crippen LogP contribution in [-0.4, -0.2) is 66.6 Å². The minimum absolute atomic E-state index is 0.0183. The molecule has 2 saturated heterocycles. The summed E-state index contributed by atoms with van der Waals surface area (Å²) in [6.07, 6.45) is 4.89. The molecule has 3 aromatic rings. The number of hydrogen-bond donors (Lipinski definition) is 1. The van der Waals surface area contributed by atoms with Crippen LogP contribution in [0, 0.1) is 5.92 Å². The summed E-state index contributed by atoms with van der Waals surface area (Å²) in [6.45, 7) is 0.945. The van der Waals surface area contributed by atoms with Crippen molar-refractivity contribution in [3.05, 3.63) is 64.8 Å². The smallest absolute Gasteiger partial charge is 0.262 e. The molecule has 2 amide bonds. The van der Waals surface area contributed by atoms with E-state index < -0.39 is 5.60 Å². The van der Waals surface area contributed by atoms with Crippen molar-refractivity contribution in [1.82, 2.24) is 23.9 Å². The second kappa shape index (κ2) is 8.96. The van der Waals surface area contributed by atoms with Crippen LogP contribution in [0.2, 0.25) is 0 Å². The molecule has 0 spiro atoms. The monoisotopic (exact) mass is 477 g/mol. The lowest BCUT2D eigenvalue weighted by atomic mass is 9.82. The van der Waals surface area contributed by atoms with E-state index in [1.807, 2.05) is 37.4 Å². The van der Waals surface area contributed by atoms with E-state index in [9.17, 15) is 19.5 Å². The first-order valence-corrected chi connectivity index (χ1v) is 12.1. The fraction of sp³-hybridized carbons (Fsp3) is 0.462. The van der Waals surface area contributed by atoms with E-state index in [2.05, 4.69) is 4.98 Å². The molecule has 1 aromatic carbocycles. The number of fused-ring (bicyclic) bond motifs is 1. The molecule has 0 radical (unpaired) electrons. The summed E-state index contributed by atoms with van der Waals surface area (Å²) in [6, 6.07) is 11.1. The number of amides is 2. The highest BCUT2D eigenvalue weighted by Gasteiger charge is 2.42. The van der Waals surface area contributed by atoms with Gasteiger partial charge in [0, 0.05) is 39.8 Å². The van der Waals surface area contributed by atoms with Gasteiger partial charge in [0.25, 0.3) is 5.56 Å². The van der Waals surface area contributed by atoms with Gasteiger partial charge in [0.15, 0.2) is 0 Å². The highest BCUT2D eigenvalue weighted by Crippen LogP contribution is 2.37. The zero-order chi connectivity index (χ0) is 24.7. The Kier molecular flexibility index (Phi) is 5.96. The molecule has 9 nitrogen and oxygen atoms in total. The van der Waals surface area contributed by atoms with Crippen LogP contribution in [0.1, 0.15) is 37.3 Å². The van der Waals surface area contributed by atoms with Crippen LogP contribution in [0.4, 0.5) is 0 Å². The van der Waals surface area contributed by atoms with Gasteiger partial charge in [-0.25, -0.2) is 4.98 Å². The van der Waals surface area contributed by atoms with Gasteiger partial charge in [-0.05, 0) is 30.9 Å². The largest absolute Gasteiger partial charge is 0.388 e. The van der Waals surface area contributed by atoms with Gasteiger partial charge < -0.3 is 19.5 Å². The van der Waals surface area contributed by atoms with Crippen LogP contribution in [0.25, 0.3) is 11.0 Å². The second-order valence-electron chi connectivity index (χ2n) is 9.90. The van der Waals surface area contributed by atoms with E-state index in [1.54, 1.807) is 33.7 Å². The van der Waals surface area contributed by atoms with Crippen LogP contribution < -0.4 is 5.56 Å². The van der Waals surface area contributed by atoms with Crippen molar-refractivity contribution in [2.75, 3.05) is 20.1 Å². The summed E-state index contributed by atoms with van der Waals surface area (Å²) in [4.78, 5) is 46.8. The number of piperidine rings is 2. The highest BCUT2D eigenvalue weighted by atomic mass is 16.3. The number of aromatic nitrogens is 3. The maximum absolute atomic E-state index is 13.6. The van der Waals surface area contributed by atoms with Gasteiger partial charge in [-0.3, -0.25) is 19.0 Å². The van der Waals surface area contributed by atoms with Crippen molar-refractivity contribution < 1.29 is 14.7 Å². The van der Waals surface area contributed by atoms with Crippen molar-refractivity contribution in [2.45, 2.75) is 43.9 Å². The summed E-state index contributed by atoms with van der Waals surface area (Å²) < 4.78 is 3.26. The number of carbonyl (C=O) groups excluding carboxylic acids is 2. The molecule has 35 heavy (non-hydrogen) atoms. The molecule has 4 heterocycles.